The topological polar surface area (TPSA) is 146 Å². The fourth-order valence-corrected chi connectivity index (χ4v) is 22.1. The molecule has 0 spiro atoms. The molecule has 0 saturated carbocycles. The summed E-state index contributed by atoms with van der Waals surface area (Å²) in [5.41, 5.74) is 30.0. The lowest BCUT2D eigenvalue weighted by Crippen LogP contribution is -2.03. The minimum atomic E-state index is 0.522. The van der Waals surface area contributed by atoms with E-state index in [0.717, 1.165) is 135 Å². The van der Waals surface area contributed by atoms with Crippen LogP contribution in [0.2, 0.25) is 0 Å². The summed E-state index contributed by atoms with van der Waals surface area (Å²) in [5.74, 6) is 4.78. The summed E-state index contributed by atoms with van der Waals surface area (Å²) in [6, 6.07) is 184. The number of hydrogen-bond acceptors (Lipinski definition) is 9. The maximum Gasteiger partial charge on any atom is 0.182 e. The van der Waals surface area contributed by atoms with E-state index in [1.54, 1.807) is 0 Å². The molecule has 30 aromatic rings. The monoisotopic (exact) mass is 1920 g/mol. The van der Waals surface area contributed by atoms with Crippen molar-refractivity contribution in [3.05, 3.63) is 528 Å². The minimum absolute atomic E-state index is 0.522. The van der Waals surface area contributed by atoms with E-state index in [2.05, 4.69) is 428 Å². The van der Waals surface area contributed by atoms with Gasteiger partial charge in [-0.15, -0.1) is 0 Å². The zero-order chi connectivity index (χ0) is 99.1. The molecule has 15 heteroatoms. The third-order valence-electron chi connectivity index (χ3n) is 28.6. The fraction of sp³-hybridized carbons (Fsp3) is 0. The van der Waals surface area contributed by atoms with E-state index >= 15 is 0 Å². The van der Waals surface area contributed by atoms with Crippen molar-refractivity contribution in [2.24, 2.45) is 0 Å². The van der Waals surface area contributed by atoms with E-state index in [4.69, 9.17) is 44.9 Å². The largest absolute Gasteiger partial charge is 0.309 e. The molecule has 0 N–H and O–H groups in total. The molecule has 0 radical (unpaired) electrons. The van der Waals surface area contributed by atoms with Crippen molar-refractivity contribution in [3.8, 4) is 137 Å². The predicted octanol–water partition coefficient (Wildman–Crippen LogP) is 33.2. The molecule has 0 aliphatic carbocycles. The summed E-state index contributed by atoms with van der Waals surface area (Å²) >= 11 is 0. The summed E-state index contributed by atoms with van der Waals surface area (Å²) in [5, 5.41) is 14.6. The molecule has 12 aromatic heterocycles. The van der Waals surface area contributed by atoms with Crippen molar-refractivity contribution in [1.29, 1.82) is 0 Å². The van der Waals surface area contributed by atoms with E-state index in [0.29, 0.717) is 34.7 Å². The Balaban J connectivity index is 0.000000108. The fourth-order valence-electron chi connectivity index (χ4n) is 22.1. The normalized spacial score (nSPS) is 11.6. The highest BCUT2D eigenvalue weighted by Crippen LogP contribution is 2.48. The Labute approximate surface area is 861 Å². The molecule has 12 heterocycles. The van der Waals surface area contributed by atoms with Gasteiger partial charge in [-0.3, -0.25) is 13.7 Å². The maximum absolute atomic E-state index is 5.35. The molecule has 0 saturated heterocycles. The molecule has 0 aliphatic heterocycles. The second-order valence-corrected chi connectivity index (χ2v) is 37.4. The lowest BCUT2D eigenvalue weighted by Gasteiger charge is -2.12. The van der Waals surface area contributed by atoms with Gasteiger partial charge < -0.3 is 13.7 Å². The highest BCUT2D eigenvalue weighted by atomic mass is 15.1. The van der Waals surface area contributed by atoms with Gasteiger partial charge in [0.15, 0.2) is 23.3 Å². The number of aromatic nitrogens is 15. The van der Waals surface area contributed by atoms with Crippen LogP contribution in [0, 0.1) is 0 Å². The number of rotatable bonds is 15. The molecule has 0 aliphatic rings. The van der Waals surface area contributed by atoms with Crippen molar-refractivity contribution in [2.45, 2.75) is 0 Å². The van der Waals surface area contributed by atoms with E-state index < -0.39 is 0 Å². The zero-order valence-corrected chi connectivity index (χ0v) is 80.9. The lowest BCUT2D eigenvalue weighted by atomic mass is 10.0. The van der Waals surface area contributed by atoms with Crippen LogP contribution in [-0.2, 0) is 0 Å². The average molecular weight is 1920 g/mol. The van der Waals surface area contributed by atoms with E-state index in [1.165, 1.54) is 97.7 Å². The first-order chi connectivity index (χ1) is 74.4. The van der Waals surface area contributed by atoms with Gasteiger partial charge in [-0.1, -0.05) is 364 Å². The van der Waals surface area contributed by atoms with Crippen LogP contribution in [-0.4, -0.2) is 72.3 Å². The van der Waals surface area contributed by atoms with E-state index in [9.17, 15) is 0 Å². The van der Waals surface area contributed by atoms with Crippen LogP contribution in [0.4, 0.5) is 0 Å². The first kappa shape index (κ1) is 87.3. The highest BCUT2D eigenvalue weighted by Gasteiger charge is 2.28. The van der Waals surface area contributed by atoms with Gasteiger partial charge in [0, 0.05) is 110 Å². The van der Waals surface area contributed by atoms with Crippen LogP contribution in [0.5, 0.6) is 0 Å². The highest BCUT2D eigenvalue weighted by molar-refractivity contribution is 6.32. The predicted molar refractivity (Wildman–Crippen MR) is 614 cm³/mol. The van der Waals surface area contributed by atoms with Crippen LogP contribution >= 0.6 is 0 Å². The summed E-state index contributed by atoms with van der Waals surface area (Å²) in [6.07, 6.45) is 0. The third kappa shape index (κ3) is 15.2. The van der Waals surface area contributed by atoms with Gasteiger partial charge in [0.25, 0.3) is 0 Å². The molecular formula is C135H87N15. The number of fused-ring (bicyclic) bond motifs is 21. The van der Waals surface area contributed by atoms with E-state index in [-0.39, 0.29) is 0 Å². The van der Waals surface area contributed by atoms with Crippen molar-refractivity contribution in [3.63, 3.8) is 0 Å². The van der Waals surface area contributed by atoms with Crippen LogP contribution in [0.15, 0.2) is 528 Å². The number of nitrogens with zero attached hydrogens (tertiary/aromatic N) is 15. The first-order valence-corrected chi connectivity index (χ1v) is 50.4. The molecule has 15 nitrogen and oxygen atoms in total. The Morgan fingerprint density at radius 1 is 0.113 bits per heavy atom. The smallest absolute Gasteiger partial charge is 0.182 e. The second-order valence-electron chi connectivity index (χ2n) is 37.4. The molecule has 0 amide bonds. The maximum atomic E-state index is 5.35. The summed E-state index contributed by atoms with van der Waals surface area (Å²) in [6.45, 7) is 0. The van der Waals surface area contributed by atoms with Crippen molar-refractivity contribution < 1.29 is 0 Å². The van der Waals surface area contributed by atoms with Gasteiger partial charge in [0.2, 0.25) is 0 Å². The molecule has 0 unspecified atom stereocenters. The molecular weight excluding hydrogens is 1830 g/mol. The standard InChI is InChI=1S/C46H30N4.C45H29N5.C44H28N6/c1-4-15-31(16-5-1)33-29-38(32-17-6-2-7-18-32)47-39(30-33)37-23-14-26-44(48-37)50-41-25-13-11-22-36(41)46-43(50)28-27-42-45(46)35-21-10-12-24-40(35)49(42)34-19-8-3-9-20-34;1-4-15-30(16-5-1)36-29-37(31-17-6-2-7-18-31)48-45(47-36)35-23-14-26-42(46-35)50-39-25-13-11-22-34(39)44-41(50)28-27-40-43(44)33-21-10-12-24-38(33)49(40)32-19-8-3-9-20-32;1-4-15-29(16-5-1)42-46-43(30-17-6-2-7-18-30)48-44(47-42)34-23-14-26-39(45-34)50-36-25-13-11-22-33(36)41-38(50)28-27-37-40(41)32-21-10-12-24-35(32)49(37)31-19-8-3-9-20-31/h1-30H;1-29H;1-28H. The average Bonchev–Trinajstić information content (AvgIpc) is 1.55. The lowest BCUT2D eigenvalue weighted by molar-refractivity contribution is 1.03. The molecule has 30 rings (SSSR count). The molecule has 702 valence electrons. The molecule has 0 bridgehead atoms. The number of para-hydroxylation sites is 9. The minimum Gasteiger partial charge on any atom is -0.309 e. The van der Waals surface area contributed by atoms with Gasteiger partial charge in [-0.25, -0.2) is 44.9 Å². The molecule has 0 atom stereocenters. The first-order valence-electron chi connectivity index (χ1n) is 50.4. The summed E-state index contributed by atoms with van der Waals surface area (Å²) in [4.78, 5) is 46.0. The SMILES string of the molecule is c1ccc(-c2cc(-c3ccccc3)nc(-c3cccc(-n4c5ccccc5c5c6c7ccccc7n(-c7ccccc7)c6ccc54)n3)c2)cc1.c1ccc(-c2cc(-c3ccccc3)nc(-c3cccc(-n4c5ccccc5c5c6c7ccccc7n(-c7ccccc7)c6ccc54)n3)n2)cc1.c1ccc(-c2nc(-c3ccccc3)nc(-c3cccc(-n4c5ccccc5c5c6c7ccccc7n(-c7ccccc7)c6ccc54)n3)n2)cc1. The number of pyridine rings is 4. The van der Waals surface area contributed by atoms with Crippen LogP contribution in [0.1, 0.15) is 0 Å². The van der Waals surface area contributed by atoms with Crippen LogP contribution in [0.3, 0.4) is 0 Å². The number of benzene rings is 18. The quantitative estimate of drug-likeness (QED) is 0.0979. The van der Waals surface area contributed by atoms with Crippen molar-refractivity contribution >= 4 is 131 Å². The van der Waals surface area contributed by atoms with E-state index in [1.807, 2.05) is 127 Å². The summed E-state index contributed by atoms with van der Waals surface area (Å²) in [7, 11) is 0. The van der Waals surface area contributed by atoms with Gasteiger partial charge in [0.05, 0.1) is 94.7 Å². The Kier molecular flexibility index (Phi) is 21.5. The van der Waals surface area contributed by atoms with Gasteiger partial charge in [0.1, 0.15) is 28.8 Å². The Hall–Kier alpha value is -20.6. The Morgan fingerprint density at radius 3 is 0.653 bits per heavy atom. The van der Waals surface area contributed by atoms with Gasteiger partial charge in [-0.2, -0.15) is 0 Å². The number of hydrogen-bond donors (Lipinski definition) is 0. The van der Waals surface area contributed by atoms with Crippen molar-refractivity contribution in [2.75, 3.05) is 0 Å². The molecule has 0 fully saturated rings. The Morgan fingerprint density at radius 2 is 0.340 bits per heavy atom. The van der Waals surface area contributed by atoms with Crippen LogP contribution < -0.4 is 0 Å². The third-order valence-corrected chi connectivity index (χ3v) is 28.6. The molecule has 150 heavy (non-hydrogen) atoms. The Bertz CT molecular complexity index is 9330. The zero-order valence-electron chi connectivity index (χ0n) is 80.9. The van der Waals surface area contributed by atoms with Crippen molar-refractivity contribution in [1.82, 2.24) is 72.3 Å². The van der Waals surface area contributed by atoms with Gasteiger partial charge in [-0.05, 0) is 175 Å². The van der Waals surface area contributed by atoms with Gasteiger partial charge >= 0.3 is 0 Å². The summed E-state index contributed by atoms with van der Waals surface area (Å²) < 4.78 is 14.0. The second kappa shape index (κ2) is 37.0. The van der Waals surface area contributed by atoms with Crippen LogP contribution in [0.25, 0.3) is 267 Å². The molecule has 18 aromatic carbocycles.